The Morgan fingerprint density at radius 3 is 2.67 bits per heavy atom. The van der Waals surface area contributed by atoms with E-state index in [1.165, 1.54) is 16.2 Å². The zero-order valence-corrected chi connectivity index (χ0v) is 15.8. The molecule has 1 aliphatic heterocycles. The quantitative estimate of drug-likeness (QED) is 0.850. The first-order chi connectivity index (χ1) is 13.0. The van der Waals surface area contributed by atoms with E-state index >= 15 is 0 Å². The number of rotatable bonds is 5. The Kier molecular flexibility index (Phi) is 6.20. The largest absolute Gasteiger partial charge is 0.378 e. The summed E-state index contributed by atoms with van der Waals surface area (Å²) in [4.78, 5) is 40.8. The summed E-state index contributed by atoms with van der Waals surface area (Å²) in [5.74, 6) is -0.592. The molecule has 27 heavy (non-hydrogen) atoms. The van der Waals surface area contributed by atoms with Crippen molar-refractivity contribution in [3.05, 3.63) is 52.2 Å². The van der Waals surface area contributed by atoms with Crippen LogP contribution in [0.25, 0.3) is 0 Å². The van der Waals surface area contributed by atoms with Gasteiger partial charge in [0.2, 0.25) is 5.91 Å². The van der Waals surface area contributed by atoms with Crippen LogP contribution >= 0.6 is 11.3 Å². The van der Waals surface area contributed by atoms with E-state index in [0.29, 0.717) is 42.4 Å². The summed E-state index contributed by atoms with van der Waals surface area (Å²) in [7, 11) is 1.59. The number of carbonyl (C=O) groups excluding carboxylic acids is 3. The minimum absolute atomic E-state index is 0.00458. The number of likely N-dealkylation sites (N-methyl/N-ethyl adjacent to an activating group) is 1. The predicted octanol–water partition coefficient (Wildman–Crippen LogP) is 1.93. The molecule has 0 atom stereocenters. The molecule has 1 saturated heterocycles. The molecule has 0 spiro atoms. The van der Waals surface area contributed by atoms with Crippen molar-refractivity contribution in [3.63, 3.8) is 0 Å². The van der Waals surface area contributed by atoms with Crippen LogP contribution in [0.15, 0.2) is 41.8 Å². The van der Waals surface area contributed by atoms with Gasteiger partial charge in [-0.2, -0.15) is 0 Å². The number of anilines is 1. The van der Waals surface area contributed by atoms with Gasteiger partial charge in [-0.25, -0.2) is 0 Å². The van der Waals surface area contributed by atoms with Gasteiger partial charge < -0.3 is 19.9 Å². The summed E-state index contributed by atoms with van der Waals surface area (Å²) in [6, 6.07) is 10.2. The van der Waals surface area contributed by atoms with Gasteiger partial charge in [-0.05, 0) is 29.6 Å². The Hall–Kier alpha value is -2.71. The fourth-order valence-corrected chi connectivity index (χ4v) is 3.36. The van der Waals surface area contributed by atoms with E-state index in [1.807, 2.05) is 5.38 Å². The molecular weight excluding hydrogens is 366 g/mol. The highest BCUT2D eigenvalue weighted by Crippen LogP contribution is 2.16. The molecule has 1 aromatic heterocycles. The maximum Gasteiger partial charge on any atom is 0.265 e. The number of thiophene rings is 1. The maximum atomic E-state index is 12.6. The van der Waals surface area contributed by atoms with Crippen LogP contribution < -0.4 is 5.32 Å². The third-order valence-corrected chi connectivity index (χ3v) is 5.06. The van der Waals surface area contributed by atoms with Crippen LogP contribution in [-0.2, 0) is 9.53 Å². The van der Waals surface area contributed by atoms with Gasteiger partial charge in [-0.15, -0.1) is 11.3 Å². The van der Waals surface area contributed by atoms with Crippen LogP contribution in [0.1, 0.15) is 20.0 Å². The first-order valence-electron chi connectivity index (χ1n) is 8.60. The molecule has 1 aliphatic rings. The highest BCUT2D eigenvalue weighted by Gasteiger charge is 2.21. The molecule has 142 valence electrons. The topological polar surface area (TPSA) is 79.0 Å². The maximum absolute atomic E-state index is 12.6. The van der Waals surface area contributed by atoms with E-state index in [9.17, 15) is 14.4 Å². The number of hydrogen-bond donors (Lipinski definition) is 1. The zero-order valence-electron chi connectivity index (χ0n) is 15.0. The SMILES string of the molecule is CN(CC(=O)N1CCOCC1)C(=O)c1cccc(NC(=O)c2cccs2)c1. The minimum atomic E-state index is -0.274. The molecule has 3 amide bonds. The number of ether oxygens (including phenoxy) is 1. The molecule has 2 aromatic rings. The smallest absolute Gasteiger partial charge is 0.265 e. The molecule has 1 aromatic carbocycles. The second-order valence-corrected chi connectivity index (χ2v) is 7.11. The number of carbonyl (C=O) groups is 3. The van der Waals surface area contributed by atoms with Crippen LogP contribution in [0.3, 0.4) is 0 Å². The lowest BCUT2D eigenvalue weighted by atomic mass is 10.1. The summed E-state index contributed by atoms with van der Waals surface area (Å²) in [5, 5.41) is 4.61. The van der Waals surface area contributed by atoms with Crippen molar-refractivity contribution in [2.24, 2.45) is 0 Å². The summed E-state index contributed by atoms with van der Waals surface area (Å²) >= 11 is 1.35. The fourth-order valence-electron chi connectivity index (χ4n) is 2.74. The Morgan fingerprint density at radius 1 is 1.19 bits per heavy atom. The van der Waals surface area contributed by atoms with Gasteiger partial charge >= 0.3 is 0 Å². The van der Waals surface area contributed by atoms with Crippen molar-refractivity contribution < 1.29 is 19.1 Å². The first kappa shape index (κ1) is 19.1. The van der Waals surface area contributed by atoms with Gasteiger partial charge in [-0.1, -0.05) is 12.1 Å². The highest BCUT2D eigenvalue weighted by atomic mass is 32.1. The predicted molar refractivity (Wildman–Crippen MR) is 103 cm³/mol. The average molecular weight is 387 g/mol. The number of nitrogens with one attached hydrogen (secondary N) is 1. The van der Waals surface area contributed by atoms with Crippen LogP contribution in [0.2, 0.25) is 0 Å². The van der Waals surface area contributed by atoms with E-state index in [4.69, 9.17) is 4.74 Å². The van der Waals surface area contributed by atoms with Gasteiger partial charge in [0.1, 0.15) is 0 Å². The summed E-state index contributed by atoms with van der Waals surface area (Å²) in [6.07, 6.45) is 0. The molecular formula is C19H21N3O4S. The summed E-state index contributed by atoms with van der Waals surface area (Å²) < 4.78 is 5.24. The molecule has 2 heterocycles. The third-order valence-electron chi connectivity index (χ3n) is 4.20. The van der Waals surface area contributed by atoms with Gasteiger partial charge in [0.25, 0.3) is 11.8 Å². The standard InChI is InChI=1S/C19H21N3O4S/c1-21(13-17(23)22-7-9-26-10-8-22)19(25)14-4-2-5-15(12-14)20-18(24)16-6-3-11-27-16/h2-6,11-12H,7-10,13H2,1H3,(H,20,24). The molecule has 3 rings (SSSR count). The molecule has 0 bridgehead atoms. The minimum Gasteiger partial charge on any atom is -0.378 e. The lowest BCUT2D eigenvalue weighted by Gasteiger charge is -2.28. The zero-order chi connectivity index (χ0) is 19.2. The van der Waals surface area contributed by atoms with E-state index in [1.54, 1.807) is 48.3 Å². The Bertz CT molecular complexity index is 816. The Morgan fingerprint density at radius 2 is 1.96 bits per heavy atom. The second-order valence-electron chi connectivity index (χ2n) is 6.17. The van der Waals surface area contributed by atoms with Crippen LogP contribution in [0, 0.1) is 0 Å². The number of benzene rings is 1. The Labute approximate surface area is 161 Å². The summed E-state index contributed by atoms with van der Waals surface area (Å²) in [6.45, 7) is 2.14. The molecule has 1 N–H and O–H groups in total. The van der Waals surface area contributed by atoms with Gasteiger partial charge in [0.15, 0.2) is 0 Å². The third kappa shape index (κ3) is 4.93. The van der Waals surface area contributed by atoms with E-state index in [-0.39, 0.29) is 24.3 Å². The van der Waals surface area contributed by atoms with Crippen molar-refractivity contribution in [1.29, 1.82) is 0 Å². The monoisotopic (exact) mass is 387 g/mol. The van der Waals surface area contributed by atoms with Crippen molar-refractivity contribution in [2.45, 2.75) is 0 Å². The number of morpholine rings is 1. The molecule has 0 radical (unpaired) electrons. The molecule has 1 fully saturated rings. The van der Waals surface area contributed by atoms with E-state index in [2.05, 4.69) is 5.32 Å². The van der Waals surface area contributed by atoms with Crippen molar-refractivity contribution in [2.75, 3.05) is 45.2 Å². The lowest BCUT2D eigenvalue weighted by Crippen LogP contribution is -2.46. The van der Waals surface area contributed by atoms with Crippen molar-refractivity contribution in [1.82, 2.24) is 9.80 Å². The first-order valence-corrected chi connectivity index (χ1v) is 9.48. The highest BCUT2D eigenvalue weighted by molar-refractivity contribution is 7.12. The Balaban J connectivity index is 1.62. The van der Waals surface area contributed by atoms with E-state index < -0.39 is 0 Å². The van der Waals surface area contributed by atoms with Crippen LogP contribution in [-0.4, -0.2) is 67.4 Å². The molecule has 0 saturated carbocycles. The van der Waals surface area contributed by atoms with Gasteiger partial charge in [0.05, 0.1) is 24.6 Å². The molecule has 0 aliphatic carbocycles. The number of amides is 3. The van der Waals surface area contributed by atoms with Crippen molar-refractivity contribution in [3.8, 4) is 0 Å². The lowest BCUT2D eigenvalue weighted by molar-refractivity contribution is -0.135. The van der Waals surface area contributed by atoms with Gasteiger partial charge in [-0.3, -0.25) is 14.4 Å². The van der Waals surface area contributed by atoms with E-state index in [0.717, 1.165) is 0 Å². The fraction of sp³-hybridized carbons (Fsp3) is 0.316. The van der Waals surface area contributed by atoms with Crippen LogP contribution in [0.4, 0.5) is 5.69 Å². The normalized spacial score (nSPS) is 13.9. The second kappa shape index (κ2) is 8.79. The van der Waals surface area contributed by atoms with Crippen molar-refractivity contribution >= 4 is 34.7 Å². The molecule has 7 nitrogen and oxygen atoms in total. The average Bonchev–Trinajstić information content (AvgIpc) is 3.23. The summed E-state index contributed by atoms with van der Waals surface area (Å²) in [5.41, 5.74) is 0.948. The number of nitrogens with zero attached hydrogens (tertiary/aromatic N) is 2. The van der Waals surface area contributed by atoms with Crippen LogP contribution in [0.5, 0.6) is 0 Å². The van der Waals surface area contributed by atoms with Gasteiger partial charge in [0, 0.05) is 31.4 Å². The number of hydrogen-bond acceptors (Lipinski definition) is 5. The molecule has 8 heteroatoms. The molecule has 0 unspecified atom stereocenters.